The Morgan fingerprint density at radius 3 is 2.57 bits per heavy atom. The van der Waals surface area contributed by atoms with E-state index in [0.717, 1.165) is 0 Å². The molecule has 8 heteroatoms. The van der Waals surface area contributed by atoms with E-state index in [0.29, 0.717) is 41.8 Å². The standard InChI is InChI=1S/C20H26ClNO6/c1-5-26-17-9-15(8-16(21)20(17)25-4)6-7-19(24)27-12-18(23)22-10-13(2)28-14(3)11-22/h6-9,13-14H,5,10-12H2,1-4H3/b7-6+/t13-,14-/m0/s1. The zero-order chi connectivity index (χ0) is 20.7. The lowest BCUT2D eigenvalue weighted by molar-refractivity contribution is -0.154. The predicted molar refractivity (Wildman–Crippen MR) is 106 cm³/mol. The van der Waals surface area contributed by atoms with E-state index in [-0.39, 0.29) is 24.7 Å². The minimum Gasteiger partial charge on any atom is -0.491 e. The van der Waals surface area contributed by atoms with Gasteiger partial charge in [-0.05, 0) is 44.5 Å². The van der Waals surface area contributed by atoms with Crippen molar-refractivity contribution < 1.29 is 28.5 Å². The summed E-state index contributed by atoms with van der Waals surface area (Å²) in [7, 11) is 1.50. The number of hydrogen-bond donors (Lipinski definition) is 0. The molecule has 154 valence electrons. The van der Waals surface area contributed by atoms with Crippen LogP contribution in [0.15, 0.2) is 18.2 Å². The molecule has 1 amide bonds. The molecule has 0 bridgehead atoms. The first-order chi connectivity index (χ1) is 13.3. The van der Waals surface area contributed by atoms with Gasteiger partial charge in [0.2, 0.25) is 0 Å². The Hall–Kier alpha value is -2.25. The summed E-state index contributed by atoms with van der Waals surface area (Å²) in [6.45, 7) is 6.77. The van der Waals surface area contributed by atoms with Crippen LogP contribution in [0, 0.1) is 0 Å². The van der Waals surface area contributed by atoms with E-state index in [1.807, 2.05) is 20.8 Å². The fraction of sp³-hybridized carbons (Fsp3) is 0.500. The first kappa shape index (κ1) is 22.0. The van der Waals surface area contributed by atoms with Gasteiger partial charge in [-0.1, -0.05) is 11.6 Å². The fourth-order valence-electron chi connectivity index (χ4n) is 2.96. The van der Waals surface area contributed by atoms with Gasteiger partial charge in [-0.15, -0.1) is 0 Å². The first-order valence-corrected chi connectivity index (χ1v) is 9.50. The van der Waals surface area contributed by atoms with Crippen molar-refractivity contribution in [3.63, 3.8) is 0 Å². The van der Waals surface area contributed by atoms with Crippen LogP contribution >= 0.6 is 11.6 Å². The third-order valence-corrected chi connectivity index (χ3v) is 4.34. The maximum atomic E-state index is 12.2. The highest BCUT2D eigenvalue weighted by Gasteiger charge is 2.26. The Morgan fingerprint density at radius 2 is 1.96 bits per heavy atom. The number of carbonyl (C=O) groups is 2. The third-order valence-electron chi connectivity index (χ3n) is 4.06. The van der Waals surface area contributed by atoms with Crippen LogP contribution in [0.5, 0.6) is 11.5 Å². The molecule has 1 fully saturated rings. The molecule has 28 heavy (non-hydrogen) atoms. The van der Waals surface area contributed by atoms with Crippen molar-refractivity contribution in [1.82, 2.24) is 4.90 Å². The van der Waals surface area contributed by atoms with E-state index in [1.165, 1.54) is 13.2 Å². The lowest BCUT2D eigenvalue weighted by atomic mass is 10.2. The molecule has 1 aromatic carbocycles. The maximum absolute atomic E-state index is 12.2. The lowest BCUT2D eigenvalue weighted by Crippen LogP contribution is -2.49. The number of rotatable bonds is 7. The number of carbonyl (C=O) groups excluding carboxylic acids is 2. The van der Waals surface area contributed by atoms with Gasteiger partial charge in [-0.3, -0.25) is 4.79 Å². The number of ether oxygens (including phenoxy) is 4. The van der Waals surface area contributed by atoms with Crippen LogP contribution in [0.4, 0.5) is 0 Å². The zero-order valence-corrected chi connectivity index (χ0v) is 17.3. The Morgan fingerprint density at radius 1 is 1.29 bits per heavy atom. The summed E-state index contributed by atoms with van der Waals surface area (Å²) in [6.07, 6.45) is 2.70. The summed E-state index contributed by atoms with van der Waals surface area (Å²) in [5.41, 5.74) is 0.647. The van der Waals surface area contributed by atoms with Gasteiger partial charge in [0.25, 0.3) is 5.91 Å². The third kappa shape index (κ3) is 6.14. The Kier molecular flexibility index (Phi) is 8.14. The molecular formula is C20H26ClNO6. The average Bonchev–Trinajstić information content (AvgIpc) is 2.63. The molecule has 1 aromatic rings. The molecule has 0 N–H and O–H groups in total. The molecule has 1 heterocycles. The van der Waals surface area contributed by atoms with Crippen molar-refractivity contribution in [3.8, 4) is 11.5 Å². The van der Waals surface area contributed by atoms with Crippen molar-refractivity contribution >= 4 is 29.6 Å². The van der Waals surface area contributed by atoms with Crippen molar-refractivity contribution in [2.45, 2.75) is 33.0 Å². The van der Waals surface area contributed by atoms with Gasteiger partial charge in [-0.2, -0.15) is 0 Å². The highest BCUT2D eigenvalue weighted by Crippen LogP contribution is 2.36. The molecule has 1 saturated heterocycles. The first-order valence-electron chi connectivity index (χ1n) is 9.12. The molecule has 2 rings (SSSR count). The Labute approximate surface area is 170 Å². The van der Waals surface area contributed by atoms with Crippen LogP contribution < -0.4 is 9.47 Å². The quantitative estimate of drug-likeness (QED) is 0.507. The second kappa shape index (κ2) is 10.3. The van der Waals surface area contributed by atoms with Crippen LogP contribution in [0.1, 0.15) is 26.3 Å². The number of benzene rings is 1. The second-order valence-corrected chi connectivity index (χ2v) is 6.87. The summed E-state index contributed by atoms with van der Waals surface area (Å²) >= 11 is 6.18. The molecular weight excluding hydrogens is 386 g/mol. The molecule has 0 saturated carbocycles. The van der Waals surface area contributed by atoms with Gasteiger partial charge in [0, 0.05) is 19.2 Å². The van der Waals surface area contributed by atoms with Gasteiger partial charge >= 0.3 is 5.97 Å². The van der Waals surface area contributed by atoms with E-state index in [2.05, 4.69) is 0 Å². The molecule has 1 aliphatic heterocycles. The predicted octanol–water partition coefficient (Wildman–Crippen LogP) is 2.94. The monoisotopic (exact) mass is 411 g/mol. The maximum Gasteiger partial charge on any atom is 0.331 e. The second-order valence-electron chi connectivity index (χ2n) is 6.46. The summed E-state index contributed by atoms with van der Waals surface area (Å²) < 4.78 is 21.4. The highest BCUT2D eigenvalue weighted by molar-refractivity contribution is 6.32. The van der Waals surface area contributed by atoms with E-state index < -0.39 is 5.97 Å². The molecule has 0 unspecified atom stereocenters. The Balaban J connectivity index is 1.93. The molecule has 0 aliphatic carbocycles. The highest BCUT2D eigenvalue weighted by atomic mass is 35.5. The van der Waals surface area contributed by atoms with Gasteiger partial charge in [0.05, 0.1) is 30.9 Å². The topological polar surface area (TPSA) is 74.3 Å². The van der Waals surface area contributed by atoms with Gasteiger partial charge in [0.1, 0.15) is 0 Å². The number of hydrogen-bond acceptors (Lipinski definition) is 6. The van der Waals surface area contributed by atoms with E-state index in [1.54, 1.807) is 23.1 Å². The van der Waals surface area contributed by atoms with E-state index in [4.69, 9.17) is 30.5 Å². The molecule has 0 spiro atoms. The zero-order valence-electron chi connectivity index (χ0n) is 16.6. The smallest absolute Gasteiger partial charge is 0.331 e. The summed E-state index contributed by atoms with van der Waals surface area (Å²) in [4.78, 5) is 25.8. The summed E-state index contributed by atoms with van der Waals surface area (Å²) in [6, 6.07) is 3.36. The minimum atomic E-state index is -0.618. The number of halogens is 1. The van der Waals surface area contributed by atoms with Crippen molar-refractivity contribution in [2.75, 3.05) is 33.4 Å². The summed E-state index contributed by atoms with van der Waals surface area (Å²) in [5, 5.41) is 0.368. The number of esters is 1. The number of nitrogens with zero attached hydrogens (tertiary/aromatic N) is 1. The molecule has 7 nitrogen and oxygen atoms in total. The Bertz CT molecular complexity index is 726. The molecule has 0 aromatic heterocycles. The van der Waals surface area contributed by atoms with Crippen LogP contribution in [-0.4, -0.2) is 62.4 Å². The van der Waals surface area contributed by atoms with Crippen LogP contribution in [0.25, 0.3) is 6.08 Å². The normalized spacial score (nSPS) is 19.5. The van der Waals surface area contributed by atoms with Gasteiger partial charge in [0.15, 0.2) is 18.1 Å². The minimum absolute atomic E-state index is 0.0392. The summed E-state index contributed by atoms with van der Waals surface area (Å²) in [5.74, 6) is 0.0570. The van der Waals surface area contributed by atoms with E-state index in [9.17, 15) is 9.59 Å². The largest absolute Gasteiger partial charge is 0.491 e. The SMILES string of the molecule is CCOc1cc(/C=C/C(=O)OCC(=O)N2C[C@H](C)O[C@@H](C)C2)cc(Cl)c1OC. The average molecular weight is 412 g/mol. The van der Waals surface area contributed by atoms with E-state index >= 15 is 0 Å². The van der Waals surface area contributed by atoms with Crippen LogP contribution in [0.3, 0.4) is 0 Å². The van der Waals surface area contributed by atoms with Crippen LogP contribution in [0.2, 0.25) is 5.02 Å². The number of morpholine rings is 1. The number of methoxy groups -OCH3 is 1. The van der Waals surface area contributed by atoms with Crippen LogP contribution in [-0.2, 0) is 19.1 Å². The van der Waals surface area contributed by atoms with Crippen molar-refractivity contribution in [2.24, 2.45) is 0 Å². The van der Waals surface area contributed by atoms with Crippen molar-refractivity contribution in [1.29, 1.82) is 0 Å². The number of amides is 1. The molecule has 1 aliphatic rings. The van der Waals surface area contributed by atoms with Crippen molar-refractivity contribution in [3.05, 3.63) is 28.8 Å². The van der Waals surface area contributed by atoms with Gasteiger partial charge < -0.3 is 23.8 Å². The lowest BCUT2D eigenvalue weighted by Gasteiger charge is -2.35. The fourth-order valence-corrected chi connectivity index (χ4v) is 3.26. The molecule has 0 radical (unpaired) electrons. The molecule has 2 atom stereocenters. The van der Waals surface area contributed by atoms with Gasteiger partial charge in [-0.25, -0.2) is 4.79 Å².